The van der Waals surface area contributed by atoms with Crippen molar-refractivity contribution in [3.8, 4) is 0 Å². The van der Waals surface area contributed by atoms with Gasteiger partial charge in [0, 0.05) is 6.04 Å². The highest BCUT2D eigenvalue weighted by atomic mass is 14.6. The lowest BCUT2D eigenvalue weighted by Gasteiger charge is -2.16. The molecule has 1 rings (SSSR count). The Morgan fingerprint density at radius 1 is 1.13 bits per heavy atom. The second kappa shape index (κ2) is 5.92. The molecule has 0 aromatic heterocycles. The maximum Gasteiger partial charge on any atom is 0.00818 e. The van der Waals surface area contributed by atoms with Gasteiger partial charge in [-0.25, -0.2) is 0 Å². The molecule has 84 valence electrons. The predicted octanol–water partition coefficient (Wildman–Crippen LogP) is 3.16. The third kappa shape index (κ3) is 4.05. The van der Waals surface area contributed by atoms with Crippen molar-refractivity contribution in [1.82, 2.24) is 0 Å². The van der Waals surface area contributed by atoms with Crippen molar-refractivity contribution in [2.45, 2.75) is 46.1 Å². The van der Waals surface area contributed by atoms with E-state index in [1.54, 1.807) is 0 Å². The Hall–Kier alpha value is -0.820. The number of hydrogen-bond acceptors (Lipinski definition) is 1. The van der Waals surface area contributed by atoms with Crippen molar-refractivity contribution in [1.29, 1.82) is 0 Å². The second-order valence-corrected chi connectivity index (χ2v) is 4.72. The Morgan fingerprint density at radius 2 is 1.73 bits per heavy atom. The lowest BCUT2D eigenvalue weighted by Crippen LogP contribution is -2.25. The molecule has 1 nitrogen and oxygen atoms in total. The Labute approximate surface area is 93.7 Å². The van der Waals surface area contributed by atoms with E-state index in [1.807, 2.05) is 0 Å². The molecule has 1 aromatic rings. The van der Waals surface area contributed by atoms with Gasteiger partial charge in [0.2, 0.25) is 0 Å². The zero-order chi connectivity index (χ0) is 11.3. The van der Waals surface area contributed by atoms with Crippen molar-refractivity contribution < 1.29 is 0 Å². The summed E-state index contributed by atoms with van der Waals surface area (Å²) in [5, 5.41) is 0. The highest BCUT2D eigenvalue weighted by Crippen LogP contribution is 2.14. The zero-order valence-corrected chi connectivity index (χ0v) is 10.2. The largest absolute Gasteiger partial charge is 0.327 e. The molecular weight excluding hydrogens is 182 g/mol. The summed E-state index contributed by atoms with van der Waals surface area (Å²) in [5.74, 6) is 0.689. The van der Waals surface area contributed by atoms with E-state index in [-0.39, 0.29) is 0 Å². The van der Waals surface area contributed by atoms with Gasteiger partial charge < -0.3 is 5.73 Å². The van der Waals surface area contributed by atoms with Crippen LogP contribution in [0.3, 0.4) is 0 Å². The van der Waals surface area contributed by atoms with Crippen molar-refractivity contribution in [2.24, 2.45) is 11.7 Å². The van der Waals surface area contributed by atoms with E-state index in [2.05, 4.69) is 45.0 Å². The number of benzene rings is 1. The summed E-state index contributed by atoms with van der Waals surface area (Å²) in [6.07, 6.45) is 3.23. The standard InChI is InChI=1S/C14H23N/c1-4-12-7-5-6-8-13(12)10-14(15)9-11(2)3/h5-8,11,14H,4,9-10,15H2,1-3H3. The molecule has 0 aliphatic rings. The SMILES string of the molecule is CCc1ccccc1CC(N)CC(C)C. The van der Waals surface area contributed by atoms with Gasteiger partial charge in [-0.1, -0.05) is 45.0 Å². The first-order chi connectivity index (χ1) is 7.13. The first-order valence-corrected chi connectivity index (χ1v) is 5.95. The lowest BCUT2D eigenvalue weighted by atomic mass is 9.94. The summed E-state index contributed by atoms with van der Waals surface area (Å²) in [5.41, 5.74) is 9.00. The van der Waals surface area contributed by atoms with Crippen LogP contribution in [0.4, 0.5) is 0 Å². The molecule has 1 atom stereocenters. The molecule has 0 amide bonds. The van der Waals surface area contributed by atoms with Crippen LogP contribution in [-0.2, 0) is 12.8 Å². The van der Waals surface area contributed by atoms with Crippen LogP contribution in [0.1, 0.15) is 38.3 Å². The molecule has 0 aliphatic carbocycles. The highest BCUT2D eigenvalue weighted by Gasteiger charge is 2.08. The molecular formula is C14H23N. The molecule has 1 unspecified atom stereocenters. The lowest BCUT2D eigenvalue weighted by molar-refractivity contribution is 0.492. The van der Waals surface area contributed by atoms with Gasteiger partial charge in [0.1, 0.15) is 0 Å². The predicted molar refractivity (Wildman–Crippen MR) is 67.0 cm³/mol. The Kier molecular flexibility index (Phi) is 4.83. The van der Waals surface area contributed by atoms with E-state index >= 15 is 0 Å². The normalized spacial score (nSPS) is 13.1. The summed E-state index contributed by atoms with van der Waals surface area (Å²) >= 11 is 0. The van der Waals surface area contributed by atoms with Crippen molar-refractivity contribution in [3.63, 3.8) is 0 Å². The van der Waals surface area contributed by atoms with Crippen LogP contribution in [-0.4, -0.2) is 6.04 Å². The maximum absolute atomic E-state index is 6.13. The van der Waals surface area contributed by atoms with Gasteiger partial charge in [0.15, 0.2) is 0 Å². The molecule has 0 aliphatic heterocycles. The third-order valence-corrected chi connectivity index (χ3v) is 2.76. The Bertz CT molecular complexity index is 291. The summed E-state index contributed by atoms with van der Waals surface area (Å²) in [6, 6.07) is 8.93. The van der Waals surface area contributed by atoms with E-state index in [4.69, 9.17) is 5.73 Å². The quantitative estimate of drug-likeness (QED) is 0.785. The smallest absolute Gasteiger partial charge is 0.00818 e. The van der Waals surface area contributed by atoms with Gasteiger partial charge in [0.25, 0.3) is 0 Å². The minimum atomic E-state index is 0.303. The van der Waals surface area contributed by atoms with Gasteiger partial charge in [-0.15, -0.1) is 0 Å². The monoisotopic (exact) mass is 205 g/mol. The second-order valence-electron chi connectivity index (χ2n) is 4.72. The van der Waals surface area contributed by atoms with Crippen molar-refractivity contribution in [3.05, 3.63) is 35.4 Å². The molecule has 0 saturated carbocycles. The number of rotatable bonds is 5. The van der Waals surface area contributed by atoms with E-state index in [0.29, 0.717) is 12.0 Å². The fourth-order valence-corrected chi connectivity index (χ4v) is 2.07. The molecule has 0 fully saturated rings. The summed E-state index contributed by atoms with van der Waals surface area (Å²) in [6.45, 7) is 6.66. The Balaban J connectivity index is 2.63. The number of nitrogens with two attached hydrogens (primary N) is 1. The van der Waals surface area contributed by atoms with Crippen LogP contribution >= 0.6 is 0 Å². The summed E-state index contributed by atoms with van der Waals surface area (Å²) < 4.78 is 0. The first kappa shape index (κ1) is 12.3. The van der Waals surface area contributed by atoms with E-state index in [0.717, 1.165) is 19.3 Å². The average Bonchev–Trinajstić information content (AvgIpc) is 2.17. The fourth-order valence-electron chi connectivity index (χ4n) is 2.07. The molecule has 0 radical (unpaired) electrons. The zero-order valence-electron chi connectivity index (χ0n) is 10.2. The van der Waals surface area contributed by atoms with Gasteiger partial charge in [-0.2, -0.15) is 0 Å². The molecule has 0 bridgehead atoms. The van der Waals surface area contributed by atoms with Crippen LogP contribution in [0.2, 0.25) is 0 Å². The van der Waals surface area contributed by atoms with Gasteiger partial charge >= 0.3 is 0 Å². The van der Waals surface area contributed by atoms with Gasteiger partial charge in [-0.05, 0) is 36.3 Å². The molecule has 1 heteroatoms. The molecule has 2 N–H and O–H groups in total. The minimum absolute atomic E-state index is 0.303. The maximum atomic E-state index is 6.13. The van der Waals surface area contributed by atoms with Gasteiger partial charge in [0.05, 0.1) is 0 Å². The number of hydrogen-bond donors (Lipinski definition) is 1. The van der Waals surface area contributed by atoms with Crippen molar-refractivity contribution >= 4 is 0 Å². The van der Waals surface area contributed by atoms with Crippen LogP contribution < -0.4 is 5.73 Å². The molecule has 15 heavy (non-hydrogen) atoms. The number of aryl methyl sites for hydroxylation is 1. The minimum Gasteiger partial charge on any atom is -0.327 e. The third-order valence-electron chi connectivity index (χ3n) is 2.76. The van der Waals surface area contributed by atoms with Crippen LogP contribution in [0.5, 0.6) is 0 Å². The van der Waals surface area contributed by atoms with Gasteiger partial charge in [-0.3, -0.25) is 0 Å². The topological polar surface area (TPSA) is 26.0 Å². The van der Waals surface area contributed by atoms with Crippen LogP contribution in [0, 0.1) is 5.92 Å². The van der Waals surface area contributed by atoms with E-state index in [9.17, 15) is 0 Å². The van der Waals surface area contributed by atoms with E-state index < -0.39 is 0 Å². The molecule has 0 heterocycles. The van der Waals surface area contributed by atoms with Crippen LogP contribution in [0.25, 0.3) is 0 Å². The molecule has 1 aromatic carbocycles. The summed E-state index contributed by atoms with van der Waals surface area (Å²) in [4.78, 5) is 0. The Morgan fingerprint density at radius 3 is 2.27 bits per heavy atom. The first-order valence-electron chi connectivity index (χ1n) is 5.95. The fraction of sp³-hybridized carbons (Fsp3) is 0.571. The average molecular weight is 205 g/mol. The molecule has 0 saturated heterocycles. The molecule has 0 spiro atoms. The highest BCUT2D eigenvalue weighted by molar-refractivity contribution is 5.27. The van der Waals surface area contributed by atoms with Crippen LogP contribution in [0.15, 0.2) is 24.3 Å². The van der Waals surface area contributed by atoms with Crippen molar-refractivity contribution in [2.75, 3.05) is 0 Å². The summed E-state index contributed by atoms with van der Waals surface area (Å²) in [7, 11) is 0. The van der Waals surface area contributed by atoms with E-state index in [1.165, 1.54) is 11.1 Å².